The fraction of sp³-hybridized carbons (Fsp3) is 0.318. The van der Waals surface area contributed by atoms with Crippen molar-refractivity contribution in [3.63, 3.8) is 0 Å². The summed E-state index contributed by atoms with van der Waals surface area (Å²) in [6, 6.07) is 25.4. The summed E-state index contributed by atoms with van der Waals surface area (Å²) in [4.78, 5) is 79.4. The fourth-order valence-electron chi connectivity index (χ4n) is 6.19. The van der Waals surface area contributed by atoms with Crippen LogP contribution < -0.4 is 20.3 Å². The largest absolute Gasteiger partial charge is 0.484 e. The summed E-state index contributed by atoms with van der Waals surface area (Å²) in [5.41, 5.74) is -0.155. The molecule has 0 unspecified atom stereocenters. The van der Waals surface area contributed by atoms with E-state index in [1.165, 1.54) is 44.3 Å². The number of rotatable bonds is 21. The number of hydrogen-bond acceptors (Lipinski definition) is 14. The van der Waals surface area contributed by atoms with E-state index in [1.807, 2.05) is 62.4 Å². The second kappa shape index (κ2) is 21.9. The van der Waals surface area contributed by atoms with Gasteiger partial charge < -0.3 is 28.7 Å². The van der Waals surface area contributed by atoms with E-state index in [1.54, 1.807) is 46.2 Å². The molecule has 0 fully saturated rings. The number of carbonyl (C=O) groups excluding carboxylic acids is 4. The first-order chi connectivity index (χ1) is 29.1. The average Bonchev–Trinajstić information content (AvgIpc) is 3.26. The summed E-state index contributed by atoms with van der Waals surface area (Å²) in [5, 5.41) is 2.38. The van der Waals surface area contributed by atoms with E-state index in [-0.39, 0.29) is 87.0 Å². The minimum Gasteiger partial charge on any atom is -0.484 e. The van der Waals surface area contributed by atoms with E-state index >= 15 is 0 Å². The molecule has 0 spiro atoms. The lowest BCUT2D eigenvalue weighted by Gasteiger charge is -2.21. The van der Waals surface area contributed by atoms with Crippen molar-refractivity contribution in [3.05, 3.63) is 105 Å². The Balaban J connectivity index is 0.804. The first-order valence-corrected chi connectivity index (χ1v) is 23.5. The topological polar surface area (TPSA) is 146 Å². The normalized spacial score (nSPS) is 11.2. The molecule has 12 nitrogen and oxygen atoms in total. The lowest BCUT2D eigenvalue weighted by atomic mass is 10.2. The maximum absolute atomic E-state index is 13.0. The minimum absolute atomic E-state index is 0.0477. The molecule has 0 aliphatic carbocycles. The van der Waals surface area contributed by atoms with Gasteiger partial charge in [0.25, 0.3) is 11.8 Å². The summed E-state index contributed by atoms with van der Waals surface area (Å²) in [6.07, 6.45) is 0.349. The van der Waals surface area contributed by atoms with Crippen molar-refractivity contribution in [1.29, 1.82) is 0 Å². The SMILES string of the molecule is CCN(CCOC(=O)CCSSCCC(=O)OCCN(CC)C(=O)COc1ccc2sc3ccccc3c(=O)c2c1)C(=O)COc1ccc2sc3ccccc3c(=O)c2c1. The first-order valence-electron chi connectivity index (χ1n) is 19.4. The Morgan fingerprint density at radius 3 is 1.37 bits per heavy atom. The molecule has 0 N–H and O–H groups in total. The van der Waals surface area contributed by atoms with Crippen LogP contribution in [0.3, 0.4) is 0 Å². The Morgan fingerprint density at radius 1 is 0.550 bits per heavy atom. The van der Waals surface area contributed by atoms with Crippen LogP contribution in [0.25, 0.3) is 40.3 Å². The third-order valence-electron chi connectivity index (χ3n) is 9.40. The Kier molecular flexibility index (Phi) is 16.2. The molecule has 16 heteroatoms. The van der Waals surface area contributed by atoms with Crippen LogP contribution in [0, 0.1) is 0 Å². The molecule has 0 radical (unpaired) electrons. The third-order valence-corrected chi connectivity index (χ3v) is 14.1. The lowest BCUT2D eigenvalue weighted by Crippen LogP contribution is -2.37. The van der Waals surface area contributed by atoms with Gasteiger partial charge in [0, 0.05) is 64.9 Å². The maximum Gasteiger partial charge on any atom is 0.306 e. The van der Waals surface area contributed by atoms with E-state index in [0.717, 1.165) is 18.8 Å². The number of likely N-dealkylation sites (N-methyl/N-ethyl adjacent to an activating group) is 2. The first kappa shape index (κ1) is 44.4. The molecular weight excluding hydrogens is 845 g/mol. The monoisotopic (exact) mass is 888 g/mol. The van der Waals surface area contributed by atoms with Crippen LogP contribution in [-0.4, -0.2) is 97.7 Å². The van der Waals surface area contributed by atoms with Crippen molar-refractivity contribution in [1.82, 2.24) is 9.80 Å². The molecular formula is C44H44N2O10S4. The van der Waals surface area contributed by atoms with Crippen LogP contribution in [-0.2, 0) is 28.7 Å². The summed E-state index contributed by atoms with van der Waals surface area (Å²) in [5.74, 6) is 0.521. The molecule has 0 aliphatic heterocycles. The molecule has 2 heterocycles. The zero-order chi connectivity index (χ0) is 42.4. The Hall–Kier alpha value is -5.16. The Labute approximate surface area is 362 Å². The second-order valence-electron chi connectivity index (χ2n) is 13.3. The van der Waals surface area contributed by atoms with Gasteiger partial charge in [0.15, 0.2) is 24.1 Å². The third kappa shape index (κ3) is 11.8. The molecule has 60 heavy (non-hydrogen) atoms. The Morgan fingerprint density at radius 2 is 0.950 bits per heavy atom. The van der Waals surface area contributed by atoms with E-state index in [9.17, 15) is 28.8 Å². The molecule has 0 saturated carbocycles. The van der Waals surface area contributed by atoms with Gasteiger partial charge in [0.1, 0.15) is 24.7 Å². The van der Waals surface area contributed by atoms with Crippen LogP contribution in [0.1, 0.15) is 26.7 Å². The summed E-state index contributed by atoms with van der Waals surface area (Å²) in [6.45, 7) is 4.57. The van der Waals surface area contributed by atoms with Crippen LogP contribution >= 0.6 is 44.3 Å². The quantitative estimate of drug-likeness (QED) is 0.0305. The number of ether oxygens (including phenoxy) is 4. The highest BCUT2D eigenvalue weighted by molar-refractivity contribution is 8.76. The van der Waals surface area contributed by atoms with E-state index in [4.69, 9.17) is 18.9 Å². The lowest BCUT2D eigenvalue weighted by molar-refractivity contribution is -0.146. The molecule has 0 aliphatic rings. The van der Waals surface area contributed by atoms with Gasteiger partial charge in [-0.05, 0) is 74.5 Å². The van der Waals surface area contributed by atoms with E-state index in [0.29, 0.717) is 57.6 Å². The van der Waals surface area contributed by atoms with Crippen molar-refractivity contribution in [2.45, 2.75) is 26.7 Å². The molecule has 0 saturated heterocycles. The van der Waals surface area contributed by atoms with Crippen LogP contribution in [0.4, 0.5) is 0 Å². The summed E-state index contributed by atoms with van der Waals surface area (Å²) >= 11 is 3.05. The van der Waals surface area contributed by atoms with Crippen molar-refractivity contribution in [2.24, 2.45) is 0 Å². The van der Waals surface area contributed by atoms with Crippen molar-refractivity contribution < 1.29 is 38.1 Å². The predicted molar refractivity (Wildman–Crippen MR) is 243 cm³/mol. The Bertz CT molecular complexity index is 2430. The van der Waals surface area contributed by atoms with Crippen molar-refractivity contribution in [2.75, 3.05) is 64.1 Å². The number of amides is 2. The average molecular weight is 889 g/mol. The molecule has 2 amide bonds. The van der Waals surface area contributed by atoms with Gasteiger partial charge >= 0.3 is 11.9 Å². The van der Waals surface area contributed by atoms with Gasteiger partial charge in [-0.1, -0.05) is 45.9 Å². The van der Waals surface area contributed by atoms with Crippen LogP contribution in [0.15, 0.2) is 94.5 Å². The van der Waals surface area contributed by atoms with Gasteiger partial charge in [-0.15, -0.1) is 22.7 Å². The van der Waals surface area contributed by atoms with Gasteiger partial charge in [-0.2, -0.15) is 0 Å². The number of fused-ring (bicyclic) bond motifs is 4. The molecule has 4 aromatic carbocycles. The van der Waals surface area contributed by atoms with Crippen molar-refractivity contribution >= 4 is 108 Å². The van der Waals surface area contributed by atoms with Gasteiger partial charge in [-0.25, -0.2) is 0 Å². The zero-order valence-electron chi connectivity index (χ0n) is 33.2. The number of esters is 2. The van der Waals surface area contributed by atoms with Gasteiger partial charge in [-0.3, -0.25) is 28.8 Å². The van der Waals surface area contributed by atoms with Crippen LogP contribution in [0.5, 0.6) is 11.5 Å². The van der Waals surface area contributed by atoms with Gasteiger partial charge in [0.2, 0.25) is 0 Å². The molecule has 6 rings (SSSR count). The molecule has 2 aromatic heterocycles. The predicted octanol–water partition coefficient (Wildman–Crippen LogP) is 7.55. The molecule has 0 atom stereocenters. The highest BCUT2D eigenvalue weighted by Gasteiger charge is 2.17. The molecule has 0 bridgehead atoms. The maximum atomic E-state index is 13.0. The molecule has 314 valence electrons. The number of benzene rings is 4. The number of hydrogen-bond donors (Lipinski definition) is 0. The van der Waals surface area contributed by atoms with E-state index < -0.39 is 0 Å². The van der Waals surface area contributed by atoms with E-state index in [2.05, 4.69) is 0 Å². The smallest absolute Gasteiger partial charge is 0.306 e. The second-order valence-corrected chi connectivity index (χ2v) is 18.1. The minimum atomic E-state index is -0.385. The fourth-order valence-corrected chi connectivity index (χ4v) is 10.2. The highest BCUT2D eigenvalue weighted by Crippen LogP contribution is 2.29. The zero-order valence-corrected chi connectivity index (χ0v) is 36.4. The number of carbonyl (C=O) groups is 4. The van der Waals surface area contributed by atoms with Crippen molar-refractivity contribution in [3.8, 4) is 11.5 Å². The van der Waals surface area contributed by atoms with Gasteiger partial charge in [0.05, 0.1) is 25.9 Å². The number of nitrogens with zero attached hydrogens (tertiary/aromatic N) is 2. The standard InChI is InChI=1S/C44H44N2O10S4/c1-3-45(39(47)27-55-29-13-15-37-33(25-29)43(51)31-9-5-7-11-35(31)59-37)19-21-53-41(49)17-23-57-58-24-18-42(50)54-22-20-46(4-2)40(48)28-56-30-14-16-38-34(26-30)44(52)32-10-6-8-12-36(32)60-38/h5-16,25-26H,3-4,17-24,27-28H2,1-2H3. The highest BCUT2D eigenvalue weighted by atomic mass is 33.1. The summed E-state index contributed by atoms with van der Waals surface area (Å²) in [7, 11) is 2.89. The van der Waals surface area contributed by atoms with Crippen LogP contribution in [0.2, 0.25) is 0 Å². The molecule has 6 aromatic rings. The summed E-state index contributed by atoms with van der Waals surface area (Å²) < 4.78 is 25.7.